The summed E-state index contributed by atoms with van der Waals surface area (Å²) in [4.78, 5) is 27.2. The standard InChI is InChI=1S/C23H23N3O5/c27-22-14-21(15-24-10-12-25(13-11-24)19-4-2-1-3-5-19)30-17-23(22)31-16-18-6-8-20(9-7-18)26(28)29/h1-9,14,17H,10-13,15-16H2. The molecule has 4 rings (SSSR count). The SMILES string of the molecule is O=c1cc(CN2CCN(c3ccccc3)CC2)occ1OCc1ccc([N+](=O)[O-])cc1. The van der Waals surface area contributed by atoms with Gasteiger partial charge in [-0.25, -0.2) is 0 Å². The first kappa shape index (κ1) is 20.6. The number of hydrogen-bond donors (Lipinski definition) is 0. The smallest absolute Gasteiger partial charge is 0.269 e. The molecule has 2 heterocycles. The molecule has 0 atom stereocenters. The molecule has 0 saturated carbocycles. The van der Waals surface area contributed by atoms with E-state index in [-0.39, 0.29) is 23.5 Å². The first-order valence-electron chi connectivity index (χ1n) is 10.1. The normalized spacial score (nSPS) is 14.4. The molecule has 0 amide bonds. The van der Waals surface area contributed by atoms with Crippen LogP contribution in [0.4, 0.5) is 11.4 Å². The van der Waals surface area contributed by atoms with E-state index in [1.54, 1.807) is 12.1 Å². The molecule has 2 aromatic carbocycles. The summed E-state index contributed by atoms with van der Waals surface area (Å²) in [5, 5.41) is 10.7. The minimum Gasteiger partial charge on any atom is -0.482 e. The Morgan fingerprint density at radius 3 is 2.35 bits per heavy atom. The highest BCUT2D eigenvalue weighted by Gasteiger charge is 2.18. The van der Waals surface area contributed by atoms with E-state index in [1.165, 1.54) is 30.1 Å². The average Bonchev–Trinajstić information content (AvgIpc) is 2.80. The largest absolute Gasteiger partial charge is 0.482 e. The van der Waals surface area contributed by atoms with Gasteiger partial charge in [0.15, 0.2) is 0 Å². The summed E-state index contributed by atoms with van der Waals surface area (Å²) in [6.07, 6.45) is 1.34. The zero-order valence-electron chi connectivity index (χ0n) is 17.0. The van der Waals surface area contributed by atoms with Crippen molar-refractivity contribution in [2.75, 3.05) is 31.1 Å². The summed E-state index contributed by atoms with van der Waals surface area (Å²) in [7, 11) is 0. The van der Waals surface area contributed by atoms with E-state index in [9.17, 15) is 14.9 Å². The summed E-state index contributed by atoms with van der Waals surface area (Å²) in [6.45, 7) is 4.31. The molecule has 1 fully saturated rings. The van der Waals surface area contributed by atoms with Crippen molar-refractivity contribution in [2.24, 2.45) is 0 Å². The molecule has 8 heteroatoms. The number of nitrogens with zero attached hydrogens (tertiary/aromatic N) is 3. The van der Waals surface area contributed by atoms with Crippen LogP contribution in [-0.4, -0.2) is 36.0 Å². The maximum Gasteiger partial charge on any atom is 0.269 e. The van der Waals surface area contributed by atoms with Crippen LogP contribution in [0, 0.1) is 10.1 Å². The van der Waals surface area contributed by atoms with Crippen LogP contribution in [0.3, 0.4) is 0 Å². The van der Waals surface area contributed by atoms with Crippen LogP contribution in [0.25, 0.3) is 0 Å². The number of hydrogen-bond acceptors (Lipinski definition) is 7. The molecule has 0 aliphatic carbocycles. The number of ether oxygens (including phenoxy) is 1. The van der Waals surface area contributed by atoms with Crippen LogP contribution in [0.15, 0.2) is 76.1 Å². The molecule has 8 nitrogen and oxygen atoms in total. The Balaban J connectivity index is 1.30. The minimum atomic E-state index is -0.459. The number of para-hydroxylation sites is 1. The number of rotatable bonds is 7. The predicted octanol–water partition coefficient (Wildman–Crippen LogP) is 3.45. The third-order valence-corrected chi connectivity index (χ3v) is 5.27. The second-order valence-corrected chi connectivity index (χ2v) is 7.39. The Labute approximate surface area is 179 Å². The first-order chi connectivity index (χ1) is 15.1. The molecule has 0 N–H and O–H groups in total. The molecule has 0 bridgehead atoms. The molecule has 0 unspecified atom stereocenters. The molecule has 0 spiro atoms. The molecule has 1 saturated heterocycles. The lowest BCUT2D eigenvalue weighted by atomic mass is 10.2. The number of anilines is 1. The van der Waals surface area contributed by atoms with Gasteiger partial charge in [-0.3, -0.25) is 19.8 Å². The van der Waals surface area contributed by atoms with Crippen molar-refractivity contribution in [3.05, 3.63) is 98.6 Å². The van der Waals surface area contributed by atoms with Crippen molar-refractivity contribution in [2.45, 2.75) is 13.2 Å². The maximum absolute atomic E-state index is 12.4. The van der Waals surface area contributed by atoms with Crippen molar-refractivity contribution < 1.29 is 14.1 Å². The van der Waals surface area contributed by atoms with Crippen molar-refractivity contribution in [3.8, 4) is 5.75 Å². The van der Waals surface area contributed by atoms with Crippen LogP contribution in [0.5, 0.6) is 5.75 Å². The monoisotopic (exact) mass is 421 g/mol. The summed E-state index contributed by atoms with van der Waals surface area (Å²) < 4.78 is 11.2. The number of piperazine rings is 1. The molecule has 0 radical (unpaired) electrons. The Hall–Kier alpha value is -3.65. The molecule has 1 aliphatic rings. The number of nitro benzene ring substituents is 1. The lowest BCUT2D eigenvalue weighted by molar-refractivity contribution is -0.384. The van der Waals surface area contributed by atoms with Crippen LogP contribution in [0.2, 0.25) is 0 Å². The third kappa shape index (κ3) is 5.29. The zero-order valence-corrected chi connectivity index (χ0v) is 17.0. The van der Waals surface area contributed by atoms with Gasteiger partial charge in [0.25, 0.3) is 5.69 Å². The molecule has 1 aliphatic heterocycles. The van der Waals surface area contributed by atoms with E-state index in [0.717, 1.165) is 31.7 Å². The Morgan fingerprint density at radius 1 is 1.00 bits per heavy atom. The summed E-state index contributed by atoms with van der Waals surface area (Å²) >= 11 is 0. The van der Waals surface area contributed by atoms with Gasteiger partial charge in [0.05, 0.1) is 11.5 Å². The van der Waals surface area contributed by atoms with E-state index in [1.807, 2.05) is 18.2 Å². The summed E-state index contributed by atoms with van der Waals surface area (Å²) in [6, 6.07) is 17.8. The van der Waals surface area contributed by atoms with Crippen molar-refractivity contribution in [1.29, 1.82) is 0 Å². The topological polar surface area (TPSA) is 89.1 Å². The summed E-state index contributed by atoms with van der Waals surface area (Å²) in [5.41, 5.74) is 1.72. The molecular weight excluding hydrogens is 398 g/mol. The van der Waals surface area contributed by atoms with Crippen molar-refractivity contribution in [3.63, 3.8) is 0 Å². The van der Waals surface area contributed by atoms with Gasteiger partial charge in [0.2, 0.25) is 11.2 Å². The fourth-order valence-corrected chi connectivity index (χ4v) is 3.53. The highest BCUT2D eigenvalue weighted by Crippen LogP contribution is 2.18. The lowest BCUT2D eigenvalue weighted by Crippen LogP contribution is -2.46. The van der Waals surface area contributed by atoms with Gasteiger partial charge >= 0.3 is 0 Å². The highest BCUT2D eigenvalue weighted by molar-refractivity contribution is 5.46. The van der Waals surface area contributed by atoms with Crippen LogP contribution < -0.4 is 15.1 Å². The molecular formula is C23H23N3O5. The highest BCUT2D eigenvalue weighted by atomic mass is 16.6. The second kappa shape index (κ2) is 9.44. The number of non-ortho nitro benzene ring substituents is 1. The fraction of sp³-hybridized carbons (Fsp3) is 0.261. The van der Waals surface area contributed by atoms with Gasteiger partial charge in [0, 0.05) is 50.1 Å². The zero-order chi connectivity index (χ0) is 21.6. The summed E-state index contributed by atoms with van der Waals surface area (Å²) in [5.74, 6) is 0.719. The predicted molar refractivity (Wildman–Crippen MR) is 116 cm³/mol. The first-order valence-corrected chi connectivity index (χ1v) is 10.1. The van der Waals surface area contributed by atoms with Crippen LogP contribution >= 0.6 is 0 Å². The van der Waals surface area contributed by atoms with E-state index in [0.29, 0.717) is 12.3 Å². The lowest BCUT2D eigenvalue weighted by Gasteiger charge is -2.35. The van der Waals surface area contributed by atoms with Gasteiger partial charge in [-0.15, -0.1) is 0 Å². The number of nitro groups is 1. The van der Waals surface area contributed by atoms with Crippen molar-refractivity contribution in [1.82, 2.24) is 4.90 Å². The molecule has 1 aromatic heterocycles. The van der Waals surface area contributed by atoms with E-state index in [4.69, 9.17) is 9.15 Å². The molecule has 160 valence electrons. The fourth-order valence-electron chi connectivity index (χ4n) is 3.53. The third-order valence-electron chi connectivity index (χ3n) is 5.27. The van der Waals surface area contributed by atoms with E-state index in [2.05, 4.69) is 21.9 Å². The number of benzene rings is 2. The van der Waals surface area contributed by atoms with Gasteiger partial charge in [0.1, 0.15) is 18.6 Å². The Morgan fingerprint density at radius 2 is 1.71 bits per heavy atom. The van der Waals surface area contributed by atoms with Gasteiger partial charge < -0.3 is 14.1 Å². The molecule has 3 aromatic rings. The van der Waals surface area contributed by atoms with E-state index < -0.39 is 4.92 Å². The Kier molecular flexibility index (Phi) is 6.28. The van der Waals surface area contributed by atoms with Crippen LogP contribution in [-0.2, 0) is 13.2 Å². The van der Waals surface area contributed by atoms with Gasteiger partial charge in [-0.2, -0.15) is 0 Å². The van der Waals surface area contributed by atoms with Gasteiger partial charge in [-0.05, 0) is 29.8 Å². The maximum atomic E-state index is 12.4. The second-order valence-electron chi connectivity index (χ2n) is 7.39. The Bertz CT molecular complexity index is 1070. The van der Waals surface area contributed by atoms with Gasteiger partial charge in [-0.1, -0.05) is 18.2 Å². The quantitative estimate of drug-likeness (QED) is 0.426. The van der Waals surface area contributed by atoms with E-state index >= 15 is 0 Å². The van der Waals surface area contributed by atoms with Crippen molar-refractivity contribution >= 4 is 11.4 Å². The average molecular weight is 421 g/mol. The minimum absolute atomic E-state index is 0.0113. The molecule has 31 heavy (non-hydrogen) atoms. The van der Waals surface area contributed by atoms with Crippen LogP contribution in [0.1, 0.15) is 11.3 Å².